The van der Waals surface area contributed by atoms with Gasteiger partial charge in [-0.15, -0.1) is 0 Å². The predicted molar refractivity (Wildman–Crippen MR) is 98.3 cm³/mol. The normalized spacial score (nSPS) is 15.3. The average Bonchev–Trinajstić information content (AvgIpc) is 3.01. The van der Waals surface area contributed by atoms with E-state index in [1.807, 2.05) is 24.3 Å². The van der Waals surface area contributed by atoms with Crippen LogP contribution in [0.15, 0.2) is 34.8 Å². The summed E-state index contributed by atoms with van der Waals surface area (Å²) in [5, 5.41) is 11.1. The van der Waals surface area contributed by atoms with E-state index in [0.717, 1.165) is 38.7 Å². The van der Waals surface area contributed by atoms with Gasteiger partial charge in [0.15, 0.2) is 10.8 Å². The maximum atomic E-state index is 10.1. The Morgan fingerprint density at radius 1 is 1.04 bits per heavy atom. The second kappa shape index (κ2) is 6.09. The number of nitrogens with zero attached hydrogens (tertiary/aromatic N) is 3. The number of aromatic hydroxyl groups is 1. The smallest absolute Gasteiger partial charge is 0.188 e. The molecule has 0 saturated carbocycles. The summed E-state index contributed by atoms with van der Waals surface area (Å²) in [6.45, 7) is 2.16. The van der Waals surface area contributed by atoms with E-state index in [2.05, 4.69) is 25.8 Å². The number of hydrogen-bond donors (Lipinski definition) is 1. The highest BCUT2D eigenvalue weighted by atomic mass is 79.9. The second-order valence-corrected chi connectivity index (χ2v) is 7.65. The molecule has 0 radical (unpaired) electrons. The number of phenols is 1. The van der Waals surface area contributed by atoms with E-state index in [9.17, 15) is 5.11 Å². The second-order valence-electron chi connectivity index (χ2n) is 5.72. The number of hydrogen-bond acceptors (Lipinski definition) is 5. The summed E-state index contributed by atoms with van der Waals surface area (Å²) in [6.07, 6.45) is 3.78. The Morgan fingerprint density at radius 3 is 2.70 bits per heavy atom. The van der Waals surface area contributed by atoms with E-state index in [-0.39, 0.29) is 5.75 Å². The highest BCUT2D eigenvalue weighted by Gasteiger charge is 2.16. The standard InChI is InChI=1S/C17H16BrN3OS/c18-11-4-6-14(22)12(10-11)13-5-7-15-16(19-13)20-17(23-15)21-8-2-1-3-9-21/h4-7,10,22H,1-3,8-9H2. The molecule has 1 N–H and O–H groups in total. The van der Waals surface area contributed by atoms with Gasteiger partial charge in [0.1, 0.15) is 5.75 Å². The van der Waals surface area contributed by atoms with Gasteiger partial charge in [0.05, 0.1) is 10.4 Å². The molecule has 1 aliphatic heterocycles. The molecule has 1 aliphatic rings. The Balaban J connectivity index is 1.74. The Bertz CT molecular complexity index is 858. The molecule has 0 aliphatic carbocycles. The van der Waals surface area contributed by atoms with E-state index in [0.29, 0.717) is 5.56 Å². The van der Waals surface area contributed by atoms with Crippen molar-refractivity contribution >= 4 is 42.7 Å². The van der Waals surface area contributed by atoms with Crippen molar-refractivity contribution < 1.29 is 5.11 Å². The van der Waals surface area contributed by atoms with Gasteiger partial charge in [0.25, 0.3) is 0 Å². The van der Waals surface area contributed by atoms with E-state index >= 15 is 0 Å². The summed E-state index contributed by atoms with van der Waals surface area (Å²) in [5.74, 6) is 0.228. The molecule has 23 heavy (non-hydrogen) atoms. The highest BCUT2D eigenvalue weighted by molar-refractivity contribution is 9.10. The lowest BCUT2D eigenvalue weighted by molar-refractivity contribution is 0.477. The number of anilines is 1. The first kappa shape index (κ1) is 14.9. The van der Waals surface area contributed by atoms with E-state index in [4.69, 9.17) is 4.98 Å². The van der Waals surface area contributed by atoms with Crippen LogP contribution in [0.2, 0.25) is 0 Å². The van der Waals surface area contributed by atoms with Gasteiger partial charge in [0.2, 0.25) is 0 Å². The zero-order valence-electron chi connectivity index (χ0n) is 12.5. The van der Waals surface area contributed by atoms with Crippen LogP contribution in [0.25, 0.3) is 21.6 Å². The third-order valence-electron chi connectivity index (χ3n) is 4.10. The van der Waals surface area contributed by atoms with E-state index in [1.165, 1.54) is 19.3 Å². The van der Waals surface area contributed by atoms with Gasteiger partial charge >= 0.3 is 0 Å². The van der Waals surface area contributed by atoms with E-state index < -0.39 is 0 Å². The quantitative estimate of drug-likeness (QED) is 0.682. The van der Waals surface area contributed by atoms with Gasteiger partial charge in [-0.05, 0) is 49.6 Å². The monoisotopic (exact) mass is 389 g/mol. The molecular formula is C17H16BrN3OS. The van der Waals surface area contributed by atoms with Crippen LogP contribution < -0.4 is 4.90 Å². The van der Waals surface area contributed by atoms with Crippen molar-refractivity contribution in [3.63, 3.8) is 0 Å². The maximum Gasteiger partial charge on any atom is 0.188 e. The minimum absolute atomic E-state index is 0.228. The molecular weight excluding hydrogens is 374 g/mol. The fraction of sp³-hybridized carbons (Fsp3) is 0.294. The third kappa shape index (κ3) is 2.93. The Hall–Kier alpha value is -1.66. The van der Waals surface area contributed by atoms with Gasteiger partial charge in [-0.3, -0.25) is 0 Å². The SMILES string of the molecule is Oc1ccc(Br)cc1-c1ccc2sc(N3CCCCC3)nc2n1. The van der Waals surface area contributed by atoms with Gasteiger partial charge in [-0.2, -0.15) is 4.98 Å². The third-order valence-corrected chi connectivity index (χ3v) is 5.67. The van der Waals surface area contributed by atoms with Gasteiger partial charge < -0.3 is 10.0 Å². The van der Waals surface area contributed by atoms with Gasteiger partial charge in [0, 0.05) is 23.1 Å². The molecule has 0 unspecified atom stereocenters. The van der Waals surface area contributed by atoms with Crippen molar-refractivity contribution in [1.82, 2.24) is 9.97 Å². The van der Waals surface area contributed by atoms with Crippen LogP contribution in [0, 0.1) is 0 Å². The molecule has 2 aromatic heterocycles. The summed E-state index contributed by atoms with van der Waals surface area (Å²) in [6, 6.07) is 9.35. The lowest BCUT2D eigenvalue weighted by Crippen LogP contribution is -2.29. The minimum atomic E-state index is 0.228. The predicted octanol–water partition coefficient (Wildman–Crippen LogP) is 4.82. The lowest BCUT2D eigenvalue weighted by Gasteiger charge is -2.25. The van der Waals surface area contributed by atoms with Gasteiger partial charge in [-0.25, -0.2) is 4.98 Å². The fourth-order valence-corrected chi connectivity index (χ4v) is 4.21. The van der Waals surface area contributed by atoms with Crippen LogP contribution in [-0.4, -0.2) is 28.2 Å². The molecule has 118 valence electrons. The number of fused-ring (bicyclic) bond motifs is 1. The van der Waals surface area contributed by atoms with Gasteiger partial charge in [-0.1, -0.05) is 27.3 Å². The number of thiazole rings is 1. The van der Waals surface area contributed by atoms with Crippen LogP contribution in [0.3, 0.4) is 0 Å². The summed E-state index contributed by atoms with van der Waals surface area (Å²) in [7, 11) is 0. The van der Waals surface area contributed by atoms with Crippen molar-refractivity contribution in [1.29, 1.82) is 0 Å². The number of aromatic nitrogens is 2. The lowest BCUT2D eigenvalue weighted by atomic mass is 10.1. The summed E-state index contributed by atoms with van der Waals surface area (Å²) >= 11 is 5.14. The van der Waals surface area contributed by atoms with Crippen LogP contribution >= 0.6 is 27.3 Å². The van der Waals surface area contributed by atoms with Crippen LogP contribution in [-0.2, 0) is 0 Å². The molecule has 6 heteroatoms. The van der Waals surface area contributed by atoms with E-state index in [1.54, 1.807) is 17.4 Å². The number of phenolic OH excluding ortho intramolecular Hbond substituents is 1. The average molecular weight is 390 g/mol. The number of benzene rings is 1. The molecule has 3 aromatic rings. The number of piperidine rings is 1. The van der Waals surface area contributed by atoms with Crippen molar-refractivity contribution in [3.05, 3.63) is 34.8 Å². The molecule has 4 rings (SSSR count). The van der Waals surface area contributed by atoms with Crippen LogP contribution in [0.1, 0.15) is 19.3 Å². The largest absolute Gasteiger partial charge is 0.507 e. The molecule has 0 spiro atoms. The highest BCUT2D eigenvalue weighted by Crippen LogP contribution is 2.34. The first-order valence-corrected chi connectivity index (χ1v) is 9.33. The molecule has 0 amide bonds. The Morgan fingerprint density at radius 2 is 1.87 bits per heavy atom. The Kier molecular flexibility index (Phi) is 3.95. The number of pyridine rings is 1. The molecule has 1 aromatic carbocycles. The fourth-order valence-electron chi connectivity index (χ4n) is 2.89. The Labute approximate surface area is 146 Å². The van der Waals surface area contributed by atoms with Crippen molar-refractivity contribution in [2.75, 3.05) is 18.0 Å². The molecule has 1 saturated heterocycles. The van der Waals surface area contributed by atoms with Crippen LogP contribution in [0.4, 0.5) is 5.13 Å². The maximum absolute atomic E-state index is 10.1. The molecule has 1 fully saturated rings. The van der Waals surface area contributed by atoms with Crippen molar-refractivity contribution in [2.45, 2.75) is 19.3 Å². The molecule has 3 heterocycles. The molecule has 4 nitrogen and oxygen atoms in total. The molecule has 0 bridgehead atoms. The van der Waals surface area contributed by atoms with Crippen molar-refractivity contribution in [2.24, 2.45) is 0 Å². The topological polar surface area (TPSA) is 49.2 Å². The van der Waals surface area contributed by atoms with Crippen LogP contribution in [0.5, 0.6) is 5.75 Å². The molecule has 0 atom stereocenters. The van der Waals surface area contributed by atoms with Crippen molar-refractivity contribution in [3.8, 4) is 17.0 Å². The summed E-state index contributed by atoms with van der Waals surface area (Å²) in [4.78, 5) is 11.7. The summed E-state index contributed by atoms with van der Waals surface area (Å²) in [5.41, 5.74) is 2.22. The summed E-state index contributed by atoms with van der Waals surface area (Å²) < 4.78 is 2.00. The minimum Gasteiger partial charge on any atom is -0.507 e. The number of rotatable bonds is 2. The first-order valence-electron chi connectivity index (χ1n) is 7.72. The zero-order valence-corrected chi connectivity index (χ0v) is 14.9. The number of halogens is 1. The zero-order chi connectivity index (χ0) is 15.8. The first-order chi connectivity index (χ1) is 11.2.